The standard InChI is InChI=1S/C17H26N4/c1-5-17(18-6-2)15-7-9-16(10-8-15)20(3)12-14-11-19-21(4)13-14/h7-11,13,17-18H,5-6,12H2,1-4H3. The molecule has 1 aromatic carbocycles. The Labute approximate surface area is 127 Å². The van der Waals surface area contributed by atoms with Crippen LogP contribution in [0.1, 0.15) is 37.4 Å². The number of aryl methyl sites for hydroxylation is 1. The summed E-state index contributed by atoms with van der Waals surface area (Å²) in [6, 6.07) is 9.31. The molecule has 0 spiro atoms. The summed E-state index contributed by atoms with van der Waals surface area (Å²) in [4.78, 5) is 2.25. The zero-order chi connectivity index (χ0) is 15.2. The van der Waals surface area contributed by atoms with Crippen molar-refractivity contribution in [1.82, 2.24) is 15.1 Å². The van der Waals surface area contributed by atoms with E-state index in [-0.39, 0.29) is 0 Å². The summed E-state index contributed by atoms with van der Waals surface area (Å²) in [5.41, 5.74) is 3.81. The maximum absolute atomic E-state index is 4.21. The maximum Gasteiger partial charge on any atom is 0.0539 e. The van der Waals surface area contributed by atoms with Crippen molar-refractivity contribution in [3.8, 4) is 0 Å². The fourth-order valence-electron chi connectivity index (χ4n) is 2.62. The van der Waals surface area contributed by atoms with Gasteiger partial charge in [0.1, 0.15) is 0 Å². The number of anilines is 1. The van der Waals surface area contributed by atoms with Gasteiger partial charge < -0.3 is 10.2 Å². The van der Waals surface area contributed by atoms with Gasteiger partial charge in [0, 0.05) is 44.1 Å². The van der Waals surface area contributed by atoms with Crippen molar-refractivity contribution in [1.29, 1.82) is 0 Å². The number of aromatic nitrogens is 2. The average Bonchev–Trinajstić information content (AvgIpc) is 2.90. The van der Waals surface area contributed by atoms with Crippen molar-refractivity contribution >= 4 is 5.69 Å². The Bertz CT molecular complexity index is 544. The molecule has 1 unspecified atom stereocenters. The summed E-state index contributed by atoms with van der Waals surface area (Å²) in [5.74, 6) is 0. The number of benzene rings is 1. The van der Waals surface area contributed by atoms with Crippen LogP contribution in [-0.4, -0.2) is 23.4 Å². The normalized spacial score (nSPS) is 12.4. The summed E-state index contributed by atoms with van der Waals surface area (Å²) in [7, 11) is 4.06. The van der Waals surface area contributed by atoms with Gasteiger partial charge >= 0.3 is 0 Å². The lowest BCUT2D eigenvalue weighted by molar-refractivity contribution is 0.537. The largest absolute Gasteiger partial charge is 0.370 e. The van der Waals surface area contributed by atoms with Crippen molar-refractivity contribution in [2.75, 3.05) is 18.5 Å². The molecule has 0 aliphatic rings. The number of nitrogens with one attached hydrogen (secondary N) is 1. The first kappa shape index (κ1) is 15.6. The van der Waals surface area contributed by atoms with Gasteiger partial charge in [-0.25, -0.2) is 0 Å². The molecule has 0 aliphatic carbocycles. The van der Waals surface area contributed by atoms with E-state index in [1.165, 1.54) is 16.8 Å². The lowest BCUT2D eigenvalue weighted by Gasteiger charge is -2.21. The fourth-order valence-corrected chi connectivity index (χ4v) is 2.62. The van der Waals surface area contributed by atoms with Gasteiger partial charge in [0.2, 0.25) is 0 Å². The van der Waals surface area contributed by atoms with Gasteiger partial charge in [0.15, 0.2) is 0 Å². The Morgan fingerprint density at radius 3 is 2.48 bits per heavy atom. The summed E-state index contributed by atoms with van der Waals surface area (Å²) in [5, 5.41) is 7.73. The van der Waals surface area contributed by atoms with E-state index in [4.69, 9.17) is 0 Å². The van der Waals surface area contributed by atoms with Crippen LogP contribution in [0.4, 0.5) is 5.69 Å². The molecule has 4 heteroatoms. The maximum atomic E-state index is 4.21. The topological polar surface area (TPSA) is 33.1 Å². The summed E-state index contributed by atoms with van der Waals surface area (Å²) in [6.07, 6.45) is 5.09. The van der Waals surface area contributed by atoms with E-state index in [0.717, 1.165) is 19.5 Å². The molecule has 0 saturated heterocycles. The van der Waals surface area contributed by atoms with Crippen LogP contribution in [0.5, 0.6) is 0 Å². The summed E-state index contributed by atoms with van der Waals surface area (Å²) < 4.78 is 1.84. The predicted molar refractivity (Wildman–Crippen MR) is 88.5 cm³/mol. The fraction of sp³-hybridized carbons (Fsp3) is 0.471. The molecule has 1 aromatic heterocycles. The molecule has 4 nitrogen and oxygen atoms in total. The van der Waals surface area contributed by atoms with Gasteiger partial charge in [0.25, 0.3) is 0 Å². The van der Waals surface area contributed by atoms with Crippen molar-refractivity contribution in [2.24, 2.45) is 7.05 Å². The van der Waals surface area contributed by atoms with E-state index in [1.54, 1.807) is 0 Å². The minimum Gasteiger partial charge on any atom is -0.370 e. The second kappa shape index (κ2) is 7.27. The van der Waals surface area contributed by atoms with Crippen LogP contribution in [0.25, 0.3) is 0 Å². The molecule has 1 atom stereocenters. The molecule has 0 saturated carbocycles. The Kier molecular flexibility index (Phi) is 5.39. The van der Waals surface area contributed by atoms with Crippen molar-refractivity contribution in [3.05, 3.63) is 47.8 Å². The van der Waals surface area contributed by atoms with Gasteiger partial charge in [-0.15, -0.1) is 0 Å². The third-order valence-corrected chi connectivity index (χ3v) is 3.77. The zero-order valence-corrected chi connectivity index (χ0v) is 13.5. The van der Waals surface area contributed by atoms with E-state index in [9.17, 15) is 0 Å². The first-order chi connectivity index (χ1) is 10.1. The number of hydrogen-bond donors (Lipinski definition) is 1. The molecule has 2 aromatic rings. The minimum atomic E-state index is 0.452. The third-order valence-electron chi connectivity index (χ3n) is 3.77. The van der Waals surface area contributed by atoms with Crippen molar-refractivity contribution in [2.45, 2.75) is 32.9 Å². The molecular weight excluding hydrogens is 260 g/mol. The van der Waals surface area contributed by atoms with E-state index in [1.807, 2.05) is 17.9 Å². The molecule has 21 heavy (non-hydrogen) atoms. The molecule has 0 fully saturated rings. The molecular formula is C17H26N4. The molecule has 2 rings (SSSR count). The Morgan fingerprint density at radius 2 is 1.95 bits per heavy atom. The van der Waals surface area contributed by atoms with Gasteiger partial charge in [-0.2, -0.15) is 5.10 Å². The summed E-state index contributed by atoms with van der Waals surface area (Å²) in [6.45, 7) is 6.24. The first-order valence-electron chi connectivity index (χ1n) is 7.66. The lowest BCUT2D eigenvalue weighted by Crippen LogP contribution is -2.20. The van der Waals surface area contributed by atoms with E-state index < -0.39 is 0 Å². The lowest BCUT2D eigenvalue weighted by atomic mass is 10.0. The molecule has 0 amide bonds. The van der Waals surface area contributed by atoms with E-state index in [2.05, 4.69) is 66.7 Å². The van der Waals surface area contributed by atoms with Gasteiger partial charge in [-0.05, 0) is 30.7 Å². The zero-order valence-electron chi connectivity index (χ0n) is 13.5. The highest BCUT2D eigenvalue weighted by atomic mass is 15.2. The molecule has 0 bridgehead atoms. The highest BCUT2D eigenvalue weighted by molar-refractivity contribution is 5.47. The molecule has 1 N–H and O–H groups in total. The van der Waals surface area contributed by atoms with Crippen LogP contribution in [-0.2, 0) is 13.6 Å². The summed E-state index contributed by atoms with van der Waals surface area (Å²) >= 11 is 0. The third kappa shape index (κ3) is 4.08. The SMILES string of the molecule is CCNC(CC)c1ccc(N(C)Cc2cnn(C)c2)cc1. The smallest absolute Gasteiger partial charge is 0.0539 e. The van der Waals surface area contributed by atoms with Gasteiger partial charge in [-0.1, -0.05) is 26.0 Å². The second-order valence-electron chi connectivity index (χ2n) is 5.49. The van der Waals surface area contributed by atoms with Crippen LogP contribution in [0.2, 0.25) is 0 Å². The minimum absolute atomic E-state index is 0.452. The Hall–Kier alpha value is -1.81. The van der Waals surface area contributed by atoms with Crippen LogP contribution < -0.4 is 10.2 Å². The van der Waals surface area contributed by atoms with Crippen LogP contribution in [0.15, 0.2) is 36.7 Å². The van der Waals surface area contributed by atoms with Crippen molar-refractivity contribution in [3.63, 3.8) is 0 Å². The van der Waals surface area contributed by atoms with Gasteiger partial charge in [-0.3, -0.25) is 4.68 Å². The molecule has 1 heterocycles. The van der Waals surface area contributed by atoms with E-state index in [0.29, 0.717) is 6.04 Å². The molecule has 0 aliphatic heterocycles. The monoisotopic (exact) mass is 286 g/mol. The quantitative estimate of drug-likeness (QED) is 0.849. The number of nitrogens with zero attached hydrogens (tertiary/aromatic N) is 3. The molecule has 0 radical (unpaired) electrons. The van der Waals surface area contributed by atoms with Crippen LogP contribution in [0, 0.1) is 0 Å². The highest BCUT2D eigenvalue weighted by Crippen LogP contribution is 2.21. The predicted octanol–water partition coefficient (Wildman–Crippen LogP) is 3.12. The van der Waals surface area contributed by atoms with Crippen molar-refractivity contribution < 1.29 is 0 Å². The highest BCUT2D eigenvalue weighted by Gasteiger charge is 2.09. The Morgan fingerprint density at radius 1 is 1.24 bits per heavy atom. The van der Waals surface area contributed by atoms with E-state index >= 15 is 0 Å². The average molecular weight is 286 g/mol. The number of hydrogen-bond acceptors (Lipinski definition) is 3. The van der Waals surface area contributed by atoms with Gasteiger partial charge in [0.05, 0.1) is 6.20 Å². The first-order valence-corrected chi connectivity index (χ1v) is 7.66. The molecule has 114 valence electrons. The van der Waals surface area contributed by atoms with Crippen LogP contribution >= 0.6 is 0 Å². The second-order valence-corrected chi connectivity index (χ2v) is 5.49. The van der Waals surface area contributed by atoms with Crippen LogP contribution in [0.3, 0.4) is 0 Å². The number of rotatable bonds is 7. The Balaban J connectivity index is 2.03.